The van der Waals surface area contributed by atoms with Crippen LogP contribution in [0.4, 0.5) is 0 Å². The lowest BCUT2D eigenvalue weighted by molar-refractivity contribution is 0.526. The molecule has 2 heterocycles. The van der Waals surface area contributed by atoms with Crippen molar-refractivity contribution >= 4 is 11.8 Å². The van der Waals surface area contributed by atoms with Crippen LogP contribution in [-0.2, 0) is 0 Å². The van der Waals surface area contributed by atoms with Crippen LogP contribution < -0.4 is 5.32 Å². The van der Waals surface area contributed by atoms with E-state index in [4.69, 9.17) is 4.42 Å². The van der Waals surface area contributed by atoms with Gasteiger partial charge in [-0.1, -0.05) is 0 Å². The molecule has 0 aromatic carbocycles. The zero-order valence-corrected chi connectivity index (χ0v) is 10.1. The second-order valence-electron chi connectivity index (χ2n) is 4.13. The third-order valence-electron chi connectivity index (χ3n) is 2.93. The monoisotopic (exact) mass is 225 g/mol. The SMILES string of the molecule is Cc1occc1SCCCC1CCCN1. The summed E-state index contributed by atoms with van der Waals surface area (Å²) in [5.74, 6) is 2.26. The lowest BCUT2D eigenvalue weighted by atomic mass is 10.1. The predicted molar refractivity (Wildman–Crippen MR) is 64.4 cm³/mol. The van der Waals surface area contributed by atoms with E-state index in [1.165, 1.54) is 42.9 Å². The van der Waals surface area contributed by atoms with Gasteiger partial charge in [-0.15, -0.1) is 11.8 Å². The van der Waals surface area contributed by atoms with Gasteiger partial charge in [0.25, 0.3) is 0 Å². The van der Waals surface area contributed by atoms with Crippen molar-refractivity contribution in [2.75, 3.05) is 12.3 Å². The molecule has 0 bridgehead atoms. The van der Waals surface area contributed by atoms with Gasteiger partial charge in [-0.25, -0.2) is 0 Å². The Morgan fingerprint density at radius 1 is 1.60 bits per heavy atom. The largest absolute Gasteiger partial charge is 0.468 e. The summed E-state index contributed by atoms with van der Waals surface area (Å²) < 4.78 is 5.26. The van der Waals surface area contributed by atoms with E-state index in [-0.39, 0.29) is 0 Å². The number of hydrogen-bond acceptors (Lipinski definition) is 3. The van der Waals surface area contributed by atoms with Gasteiger partial charge in [0, 0.05) is 10.9 Å². The van der Waals surface area contributed by atoms with Gasteiger partial charge in [0.1, 0.15) is 5.76 Å². The molecular formula is C12H19NOS. The van der Waals surface area contributed by atoms with Crippen molar-refractivity contribution in [1.82, 2.24) is 5.32 Å². The van der Waals surface area contributed by atoms with E-state index in [2.05, 4.69) is 11.4 Å². The van der Waals surface area contributed by atoms with E-state index in [1.807, 2.05) is 18.7 Å². The predicted octanol–water partition coefficient (Wildman–Crippen LogP) is 3.21. The van der Waals surface area contributed by atoms with E-state index in [0.717, 1.165) is 11.8 Å². The first-order valence-electron chi connectivity index (χ1n) is 5.76. The molecule has 1 aromatic heterocycles. The minimum Gasteiger partial charge on any atom is -0.468 e. The minimum absolute atomic E-state index is 0.788. The van der Waals surface area contributed by atoms with Gasteiger partial charge in [0.05, 0.1) is 6.26 Å². The molecule has 0 amide bonds. The van der Waals surface area contributed by atoms with E-state index in [9.17, 15) is 0 Å². The van der Waals surface area contributed by atoms with E-state index in [1.54, 1.807) is 6.26 Å². The molecule has 1 saturated heterocycles. The molecule has 1 aliphatic heterocycles. The average molecular weight is 225 g/mol. The average Bonchev–Trinajstić information content (AvgIpc) is 2.85. The van der Waals surface area contributed by atoms with Gasteiger partial charge in [-0.05, 0) is 51.0 Å². The van der Waals surface area contributed by atoms with Crippen LogP contribution in [-0.4, -0.2) is 18.3 Å². The molecule has 1 unspecified atom stereocenters. The first-order valence-corrected chi connectivity index (χ1v) is 6.75. The molecule has 1 fully saturated rings. The molecule has 1 aromatic rings. The van der Waals surface area contributed by atoms with Gasteiger partial charge < -0.3 is 9.73 Å². The van der Waals surface area contributed by atoms with Crippen LogP contribution in [0.3, 0.4) is 0 Å². The molecule has 84 valence electrons. The fraction of sp³-hybridized carbons (Fsp3) is 0.667. The molecular weight excluding hydrogens is 206 g/mol. The Kier molecular flexibility index (Phi) is 4.15. The Morgan fingerprint density at radius 2 is 2.53 bits per heavy atom. The van der Waals surface area contributed by atoms with Crippen LogP contribution in [0.2, 0.25) is 0 Å². The van der Waals surface area contributed by atoms with Crippen LogP contribution in [0.15, 0.2) is 21.6 Å². The highest BCUT2D eigenvalue weighted by atomic mass is 32.2. The quantitative estimate of drug-likeness (QED) is 0.615. The highest BCUT2D eigenvalue weighted by Gasteiger charge is 2.13. The van der Waals surface area contributed by atoms with Crippen LogP contribution in [0.1, 0.15) is 31.4 Å². The van der Waals surface area contributed by atoms with Gasteiger partial charge in [0.15, 0.2) is 0 Å². The first-order chi connectivity index (χ1) is 7.36. The van der Waals surface area contributed by atoms with Crippen molar-refractivity contribution in [2.45, 2.75) is 43.5 Å². The Hall–Kier alpha value is -0.410. The van der Waals surface area contributed by atoms with Gasteiger partial charge >= 0.3 is 0 Å². The van der Waals surface area contributed by atoms with Crippen molar-refractivity contribution in [1.29, 1.82) is 0 Å². The van der Waals surface area contributed by atoms with Gasteiger partial charge in [0.2, 0.25) is 0 Å². The lowest BCUT2D eigenvalue weighted by Crippen LogP contribution is -2.20. The van der Waals surface area contributed by atoms with Gasteiger partial charge in [-0.2, -0.15) is 0 Å². The van der Waals surface area contributed by atoms with Crippen molar-refractivity contribution in [2.24, 2.45) is 0 Å². The van der Waals surface area contributed by atoms with Crippen LogP contribution >= 0.6 is 11.8 Å². The van der Waals surface area contributed by atoms with E-state index >= 15 is 0 Å². The summed E-state index contributed by atoms with van der Waals surface area (Å²) in [6, 6.07) is 2.85. The van der Waals surface area contributed by atoms with Gasteiger partial charge in [-0.3, -0.25) is 0 Å². The maximum absolute atomic E-state index is 5.26. The summed E-state index contributed by atoms with van der Waals surface area (Å²) in [5, 5.41) is 3.53. The maximum Gasteiger partial charge on any atom is 0.114 e. The summed E-state index contributed by atoms with van der Waals surface area (Å²) in [7, 11) is 0. The number of aryl methyl sites for hydroxylation is 1. The third kappa shape index (κ3) is 3.28. The van der Waals surface area contributed by atoms with Crippen molar-refractivity contribution < 1.29 is 4.42 Å². The normalized spacial score (nSPS) is 21.0. The number of nitrogens with one attached hydrogen (secondary N) is 1. The highest BCUT2D eigenvalue weighted by molar-refractivity contribution is 7.99. The number of rotatable bonds is 5. The van der Waals surface area contributed by atoms with Crippen LogP contribution in [0, 0.1) is 6.92 Å². The fourth-order valence-electron chi connectivity index (χ4n) is 2.04. The molecule has 1 atom stereocenters. The van der Waals surface area contributed by atoms with E-state index in [0.29, 0.717) is 0 Å². The summed E-state index contributed by atoms with van der Waals surface area (Å²) in [6.45, 7) is 3.25. The third-order valence-corrected chi connectivity index (χ3v) is 4.16. The highest BCUT2D eigenvalue weighted by Crippen LogP contribution is 2.24. The molecule has 3 heteroatoms. The number of hydrogen-bond donors (Lipinski definition) is 1. The smallest absolute Gasteiger partial charge is 0.114 e. The molecule has 0 aliphatic carbocycles. The maximum atomic E-state index is 5.26. The Labute approximate surface area is 95.8 Å². The number of thioether (sulfide) groups is 1. The summed E-state index contributed by atoms with van der Waals surface area (Å²) >= 11 is 1.92. The Balaban J connectivity index is 1.60. The minimum atomic E-state index is 0.788. The topological polar surface area (TPSA) is 25.2 Å². The molecule has 1 aliphatic rings. The van der Waals surface area contributed by atoms with Crippen molar-refractivity contribution in [3.05, 3.63) is 18.1 Å². The van der Waals surface area contributed by atoms with Crippen molar-refractivity contribution in [3.63, 3.8) is 0 Å². The van der Waals surface area contributed by atoms with Crippen molar-refractivity contribution in [3.8, 4) is 0 Å². The number of furan rings is 1. The zero-order chi connectivity index (χ0) is 10.5. The first kappa shape index (κ1) is 11.1. The second-order valence-corrected chi connectivity index (χ2v) is 5.26. The molecule has 15 heavy (non-hydrogen) atoms. The molecule has 1 N–H and O–H groups in total. The second kappa shape index (κ2) is 5.61. The van der Waals surface area contributed by atoms with Crippen LogP contribution in [0.25, 0.3) is 0 Å². The fourth-order valence-corrected chi connectivity index (χ4v) is 2.97. The summed E-state index contributed by atoms with van der Waals surface area (Å²) in [5.41, 5.74) is 0. The summed E-state index contributed by atoms with van der Waals surface area (Å²) in [6.07, 6.45) is 7.13. The molecule has 0 spiro atoms. The summed E-state index contributed by atoms with van der Waals surface area (Å²) in [4.78, 5) is 1.30. The molecule has 2 nitrogen and oxygen atoms in total. The zero-order valence-electron chi connectivity index (χ0n) is 9.29. The lowest BCUT2D eigenvalue weighted by Gasteiger charge is -2.08. The standard InChI is InChI=1S/C12H19NOS/c1-10-12(6-8-14-10)15-9-3-5-11-4-2-7-13-11/h6,8,11,13H,2-5,7,9H2,1H3. The van der Waals surface area contributed by atoms with Crippen LogP contribution in [0.5, 0.6) is 0 Å². The Bertz CT molecular complexity index is 292. The Morgan fingerprint density at radius 3 is 3.20 bits per heavy atom. The molecule has 2 rings (SSSR count). The van der Waals surface area contributed by atoms with E-state index < -0.39 is 0 Å². The molecule has 0 saturated carbocycles. The molecule has 0 radical (unpaired) electrons.